The average Bonchev–Trinajstić information content (AvgIpc) is 3.50. The molecule has 0 radical (unpaired) electrons. The fourth-order valence-electron chi connectivity index (χ4n) is 4.73. The highest BCUT2D eigenvalue weighted by Gasteiger charge is 2.39. The number of ether oxygens (including phenoxy) is 3. The second kappa shape index (κ2) is 11.9. The van der Waals surface area contributed by atoms with Gasteiger partial charge in [0, 0.05) is 32.8 Å². The van der Waals surface area contributed by atoms with Crippen molar-refractivity contribution >= 4 is 29.3 Å². The van der Waals surface area contributed by atoms with Crippen LogP contribution < -0.4 is 24.8 Å². The minimum Gasteiger partial charge on any atom is -0.493 e. The smallest absolute Gasteiger partial charge is 0.276 e. The molecule has 12 heteroatoms. The predicted octanol–water partition coefficient (Wildman–Crippen LogP) is 2.11. The van der Waals surface area contributed by atoms with Gasteiger partial charge in [0.15, 0.2) is 23.8 Å². The third-order valence-electron chi connectivity index (χ3n) is 6.81. The van der Waals surface area contributed by atoms with Crippen LogP contribution in [0.25, 0.3) is 0 Å². The van der Waals surface area contributed by atoms with Gasteiger partial charge in [-0.15, -0.1) is 0 Å². The van der Waals surface area contributed by atoms with Crippen LogP contribution in [0.15, 0.2) is 48.7 Å². The summed E-state index contributed by atoms with van der Waals surface area (Å²) in [5.41, 5.74) is 1.90. The summed E-state index contributed by atoms with van der Waals surface area (Å²) in [5, 5.41) is 10.3. The van der Waals surface area contributed by atoms with Crippen molar-refractivity contribution in [1.82, 2.24) is 25.3 Å². The molecule has 5 aliphatic rings. The summed E-state index contributed by atoms with van der Waals surface area (Å²) < 4.78 is 18.8. The highest BCUT2D eigenvalue weighted by Crippen LogP contribution is 2.29. The summed E-state index contributed by atoms with van der Waals surface area (Å²) >= 11 is 6.23. The first kappa shape index (κ1) is 27.3. The molecule has 2 atom stereocenters. The molecular formula is C28H30ClN5O6. The van der Waals surface area contributed by atoms with Crippen molar-refractivity contribution in [2.24, 2.45) is 7.05 Å². The van der Waals surface area contributed by atoms with Gasteiger partial charge in [-0.25, -0.2) is 0 Å². The van der Waals surface area contributed by atoms with E-state index in [1.165, 1.54) is 11.8 Å². The topological polar surface area (TPSA) is 124 Å². The van der Waals surface area contributed by atoms with E-state index in [4.69, 9.17) is 25.8 Å². The molecule has 2 N–H and O–H groups in total. The molecule has 1 fully saturated rings. The zero-order valence-electron chi connectivity index (χ0n) is 22.2. The Bertz CT molecular complexity index is 1410. The Kier molecular flexibility index (Phi) is 8.11. The van der Waals surface area contributed by atoms with Gasteiger partial charge in [0.1, 0.15) is 11.9 Å². The van der Waals surface area contributed by atoms with Crippen molar-refractivity contribution in [3.05, 3.63) is 70.5 Å². The molecule has 0 aliphatic carbocycles. The number of nitrogens with one attached hydrogen (secondary N) is 2. The van der Waals surface area contributed by atoms with Crippen molar-refractivity contribution in [2.45, 2.75) is 31.5 Å². The Balaban J connectivity index is 1.38. The van der Waals surface area contributed by atoms with Gasteiger partial charge < -0.3 is 29.7 Å². The van der Waals surface area contributed by atoms with E-state index in [0.29, 0.717) is 30.2 Å². The van der Waals surface area contributed by atoms with Crippen molar-refractivity contribution in [3.63, 3.8) is 0 Å². The van der Waals surface area contributed by atoms with Crippen LogP contribution in [0.1, 0.15) is 28.0 Å². The summed E-state index contributed by atoms with van der Waals surface area (Å²) in [6.45, 7) is 0.633. The zero-order valence-corrected chi connectivity index (χ0v) is 22.9. The Morgan fingerprint density at radius 1 is 1.07 bits per heavy atom. The van der Waals surface area contributed by atoms with Crippen molar-refractivity contribution in [2.75, 3.05) is 26.8 Å². The van der Waals surface area contributed by atoms with E-state index in [1.54, 1.807) is 42.4 Å². The number of halogens is 1. The minimum atomic E-state index is -0.497. The van der Waals surface area contributed by atoms with Crippen LogP contribution in [0.5, 0.6) is 17.2 Å². The lowest BCUT2D eigenvalue weighted by Crippen LogP contribution is -2.45. The maximum absolute atomic E-state index is 13.2. The molecule has 8 rings (SSSR count). The highest BCUT2D eigenvalue weighted by atomic mass is 35.5. The summed E-state index contributed by atoms with van der Waals surface area (Å²) in [6, 6.07) is 12.2. The molecule has 0 unspecified atom stereocenters. The predicted molar refractivity (Wildman–Crippen MR) is 146 cm³/mol. The molecular weight excluding hydrogens is 538 g/mol. The fourth-order valence-corrected chi connectivity index (χ4v) is 4.99. The van der Waals surface area contributed by atoms with Gasteiger partial charge in [0.2, 0.25) is 5.91 Å². The standard InChI is InChI=1S/C28H30ClN5O6/c1-33-13-20(29)27(32-33)28(37)34-14-21-24(15-34)40-19-7-3-18(4-8-19)12-30-26(36)16-39-22-9-5-17(11-23(22)38-2)6-10-25(35)31-21/h3-5,7-9,11,13,21,24H,6,10,12,14-16H2,1-2H3,(H,30,36)(H,31,35)/t21-,24-/m0/s1. The van der Waals surface area contributed by atoms with Crippen molar-refractivity contribution in [1.29, 1.82) is 0 Å². The van der Waals surface area contributed by atoms with E-state index in [0.717, 1.165) is 11.1 Å². The van der Waals surface area contributed by atoms with Gasteiger partial charge in [-0.05, 0) is 41.8 Å². The fraction of sp³-hybridized carbons (Fsp3) is 0.357. The van der Waals surface area contributed by atoms with E-state index in [9.17, 15) is 14.4 Å². The second-order valence-electron chi connectivity index (χ2n) is 9.73. The molecule has 6 heterocycles. The number of nitrogens with zero attached hydrogens (tertiary/aromatic N) is 3. The van der Waals surface area contributed by atoms with Gasteiger partial charge in [-0.2, -0.15) is 5.10 Å². The number of hydrogen-bond acceptors (Lipinski definition) is 7. The third kappa shape index (κ3) is 6.31. The molecule has 210 valence electrons. The van der Waals surface area contributed by atoms with Crippen LogP contribution in [0.3, 0.4) is 0 Å². The lowest BCUT2D eigenvalue weighted by molar-refractivity contribution is -0.123. The van der Waals surface area contributed by atoms with E-state index in [1.807, 2.05) is 18.2 Å². The first-order chi connectivity index (χ1) is 19.3. The van der Waals surface area contributed by atoms with Gasteiger partial charge >= 0.3 is 0 Å². The van der Waals surface area contributed by atoms with Crippen LogP contribution >= 0.6 is 11.6 Å². The monoisotopic (exact) mass is 567 g/mol. The summed E-state index contributed by atoms with van der Waals surface area (Å²) in [5.74, 6) is 0.708. The number of carbonyl (C=O) groups excluding carboxylic acids is 3. The largest absolute Gasteiger partial charge is 0.493 e. The SMILES string of the molecule is COc1cc2ccc1OCC(=O)NCc1ccc(cc1)O[C@H]1CN(C(=O)c3nn(C)cc3Cl)C[C@@H]1NC(=O)CC2. The first-order valence-corrected chi connectivity index (χ1v) is 13.3. The van der Waals surface area contributed by atoms with Crippen LogP contribution in [0, 0.1) is 0 Å². The molecule has 2 aromatic carbocycles. The van der Waals surface area contributed by atoms with Crippen molar-refractivity contribution < 1.29 is 28.6 Å². The number of benzene rings is 2. The maximum Gasteiger partial charge on any atom is 0.276 e. The molecule has 3 aromatic rings. The molecule has 11 nitrogen and oxygen atoms in total. The molecule has 40 heavy (non-hydrogen) atoms. The van der Waals surface area contributed by atoms with Gasteiger partial charge in [0.25, 0.3) is 11.8 Å². The Hall–Kier alpha value is -4.25. The number of amides is 3. The number of likely N-dealkylation sites (tertiary alicyclic amines) is 1. The van der Waals surface area contributed by atoms with E-state index < -0.39 is 12.1 Å². The van der Waals surface area contributed by atoms with Crippen LogP contribution in [0.2, 0.25) is 5.02 Å². The quantitative estimate of drug-likeness (QED) is 0.486. The Labute approximate surface area is 236 Å². The minimum absolute atomic E-state index is 0.153. The average molecular weight is 568 g/mol. The van der Waals surface area contributed by atoms with Crippen LogP contribution in [-0.4, -0.2) is 71.4 Å². The number of rotatable bonds is 2. The third-order valence-corrected chi connectivity index (χ3v) is 7.09. The molecule has 4 bridgehead atoms. The van der Waals surface area contributed by atoms with Gasteiger partial charge in [0.05, 0.1) is 24.7 Å². The number of methoxy groups -OCH3 is 1. The van der Waals surface area contributed by atoms with Crippen LogP contribution in [0.4, 0.5) is 0 Å². The molecule has 1 saturated heterocycles. The summed E-state index contributed by atoms with van der Waals surface area (Å²) in [6.07, 6.45) is 1.73. The number of hydrogen-bond donors (Lipinski definition) is 2. The zero-order chi connectivity index (χ0) is 28.2. The molecule has 0 spiro atoms. The van der Waals surface area contributed by atoms with Crippen molar-refractivity contribution in [3.8, 4) is 17.2 Å². The molecule has 1 aromatic heterocycles. The van der Waals surface area contributed by atoms with E-state index in [-0.39, 0.29) is 54.6 Å². The van der Waals surface area contributed by atoms with E-state index >= 15 is 0 Å². The number of aryl methyl sites for hydroxylation is 2. The number of aromatic nitrogens is 2. The first-order valence-electron chi connectivity index (χ1n) is 12.9. The summed E-state index contributed by atoms with van der Waals surface area (Å²) in [7, 11) is 3.21. The number of carbonyl (C=O) groups is 3. The van der Waals surface area contributed by atoms with Gasteiger partial charge in [-0.3, -0.25) is 19.1 Å². The summed E-state index contributed by atoms with van der Waals surface area (Å²) in [4.78, 5) is 40.2. The second-order valence-corrected chi connectivity index (χ2v) is 10.1. The normalized spacial score (nSPS) is 19.7. The van der Waals surface area contributed by atoms with Gasteiger partial charge in [-0.1, -0.05) is 29.8 Å². The molecule has 5 aliphatic heterocycles. The Morgan fingerprint density at radius 3 is 2.58 bits per heavy atom. The Morgan fingerprint density at radius 2 is 1.85 bits per heavy atom. The van der Waals surface area contributed by atoms with Crippen LogP contribution in [-0.2, 0) is 29.6 Å². The molecule has 0 saturated carbocycles. The lowest BCUT2D eigenvalue weighted by atomic mass is 10.1. The maximum atomic E-state index is 13.2. The lowest BCUT2D eigenvalue weighted by Gasteiger charge is -2.21. The highest BCUT2D eigenvalue weighted by molar-refractivity contribution is 6.33. The molecule has 3 amide bonds. The van der Waals surface area contributed by atoms with E-state index in [2.05, 4.69) is 15.7 Å².